The van der Waals surface area contributed by atoms with Gasteiger partial charge >= 0.3 is 0 Å². The maximum atomic E-state index is 4.46. The van der Waals surface area contributed by atoms with E-state index in [2.05, 4.69) is 20.5 Å². The minimum absolute atomic E-state index is 0.672. The van der Waals surface area contributed by atoms with E-state index in [0.29, 0.717) is 5.95 Å². The van der Waals surface area contributed by atoms with Crippen LogP contribution in [0.4, 0.5) is 0 Å². The van der Waals surface area contributed by atoms with Crippen molar-refractivity contribution in [1.82, 2.24) is 29.8 Å². The lowest BCUT2D eigenvalue weighted by atomic mass is 10.3. The van der Waals surface area contributed by atoms with Crippen molar-refractivity contribution in [2.75, 3.05) is 0 Å². The number of tetrazole rings is 1. The van der Waals surface area contributed by atoms with E-state index < -0.39 is 0 Å². The Balaban J connectivity index is 2.39. The lowest BCUT2D eigenvalue weighted by Gasteiger charge is -2.02. The van der Waals surface area contributed by atoms with Gasteiger partial charge < -0.3 is 0 Å². The molecule has 0 aliphatic rings. The monoisotopic (exact) mass is 214 g/mol. The Morgan fingerprint density at radius 2 is 2.00 bits per heavy atom. The molecule has 0 atom stereocenters. The highest BCUT2D eigenvalue weighted by Gasteiger charge is 2.12. The topological polar surface area (TPSA) is 61.4 Å². The molecule has 3 aromatic rings. The van der Waals surface area contributed by atoms with Gasteiger partial charge in [-0.3, -0.25) is 4.57 Å². The summed E-state index contributed by atoms with van der Waals surface area (Å²) in [5.74, 6) is 1.55. The van der Waals surface area contributed by atoms with Crippen molar-refractivity contribution in [3.63, 3.8) is 0 Å². The molecule has 2 aromatic heterocycles. The van der Waals surface area contributed by atoms with Gasteiger partial charge in [-0.05, 0) is 29.5 Å². The lowest BCUT2D eigenvalue weighted by Crippen LogP contribution is -2.05. The van der Waals surface area contributed by atoms with Gasteiger partial charge in [0.05, 0.1) is 11.0 Å². The van der Waals surface area contributed by atoms with Crippen molar-refractivity contribution < 1.29 is 0 Å². The number of benzene rings is 1. The van der Waals surface area contributed by atoms with Gasteiger partial charge in [-0.15, -0.1) is 0 Å². The summed E-state index contributed by atoms with van der Waals surface area (Å²) in [6.45, 7) is 1.94. The van der Waals surface area contributed by atoms with Crippen LogP contribution in [0.1, 0.15) is 5.82 Å². The molecular weight excluding hydrogens is 204 g/mol. The molecule has 0 spiro atoms. The summed E-state index contributed by atoms with van der Waals surface area (Å²) in [6, 6.07) is 7.92. The van der Waals surface area contributed by atoms with Gasteiger partial charge in [0.1, 0.15) is 5.82 Å². The van der Waals surface area contributed by atoms with E-state index in [1.165, 1.54) is 0 Å². The molecule has 16 heavy (non-hydrogen) atoms. The predicted octanol–water partition coefficient (Wildman–Crippen LogP) is 0.857. The molecule has 0 saturated carbocycles. The van der Waals surface area contributed by atoms with E-state index in [9.17, 15) is 0 Å². The second kappa shape index (κ2) is 3.13. The summed E-state index contributed by atoms with van der Waals surface area (Å²) >= 11 is 0. The standard InChI is InChI=1S/C10H10N6/c1-7-11-8-5-3-4-6-9(8)16(7)10-12-13-14-15(10)2/h3-6H,1-2H3. The number of aryl methyl sites for hydroxylation is 2. The molecule has 3 rings (SSSR count). The van der Waals surface area contributed by atoms with Crippen LogP contribution in [0.2, 0.25) is 0 Å². The number of rotatable bonds is 1. The molecule has 80 valence electrons. The molecule has 0 N–H and O–H groups in total. The van der Waals surface area contributed by atoms with Crippen LogP contribution in [0, 0.1) is 6.92 Å². The molecular formula is C10H10N6. The van der Waals surface area contributed by atoms with Gasteiger partial charge in [-0.25, -0.2) is 9.67 Å². The molecule has 0 aliphatic carbocycles. The average molecular weight is 214 g/mol. The molecule has 1 aromatic carbocycles. The fourth-order valence-electron chi connectivity index (χ4n) is 1.81. The molecule has 0 unspecified atom stereocenters. The van der Waals surface area contributed by atoms with Crippen LogP contribution in [0.5, 0.6) is 0 Å². The van der Waals surface area contributed by atoms with Crippen molar-refractivity contribution in [1.29, 1.82) is 0 Å². The van der Waals surface area contributed by atoms with Crippen LogP contribution in [0.25, 0.3) is 17.0 Å². The van der Waals surface area contributed by atoms with Crippen LogP contribution in [-0.2, 0) is 7.05 Å². The molecule has 0 aliphatic heterocycles. The van der Waals surface area contributed by atoms with Gasteiger partial charge in [-0.1, -0.05) is 17.2 Å². The highest BCUT2D eigenvalue weighted by atomic mass is 15.6. The maximum absolute atomic E-state index is 4.46. The van der Waals surface area contributed by atoms with Gasteiger partial charge in [0.25, 0.3) is 5.95 Å². The number of imidazole rings is 1. The van der Waals surface area contributed by atoms with Crippen molar-refractivity contribution in [2.24, 2.45) is 7.05 Å². The zero-order valence-corrected chi connectivity index (χ0v) is 8.99. The Morgan fingerprint density at radius 1 is 1.19 bits per heavy atom. The van der Waals surface area contributed by atoms with Gasteiger partial charge in [0.2, 0.25) is 0 Å². The molecule has 0 fully saturated rings. The minimum Gasteiger partial charge on any atom is -0.263 e. The summed E-state index contributed by atoms with van der Waals surface area (Å²) in [5, 5.41) is 11.5. The van der Waals surface area contributed by atoms with E-state index in [1.807, 2.05) is 42.8 Å². The van der Waals surface area contributed by atoms with E-state index >= 15 is 0 Å². The predicted molar refractivity (Wildman–Crippen MR) is 58.2 cm³/mol. The number of nitrogens with zero attached hydrogens (tertiary/aromatic N) is 6. The second-order valence-corrected chi connectivity index (χ2v) is 3.59. The van der Waals surface area contributed by atoms with E-state index in [0.717, 1.165) is 16.9 Å². The normalized spacial score (nSPS) is 11.1. The van der Waals surface area contributed by atoms with E-state index in [4.69, 9.17) is 0 Å². The van der Waals surface area contributed by atoms with E-state index in [-0.39, 0.29) is 0 Å². The first-order chi connectivity index (χ1) is 7.77. The number of aromatic nitrogens is 6. The van der Waals surface area contributed by atoms with Crippen LogP contribution in [0.3, 0.4) is 0 Å². The average Bonchev–Trinajstić information content (AvgIpc) is 2.81. The third-order valence-electron chi connectivity index (χ3n) is 2.53. The Hall–Kier alpha value is -2.24. The fraction of sp³-hybridized carbons (Fsp3) is 0.200. The third-order valence-corrected chi connectivity index (χ3v) is 2.53. The zero-order chi connectivity index (χ0) is 11.1. The SMILES string of the molecule is Cc1nc2ccccc2n1-c1nnnn1C. The molecule has 0 amide bonds. The first-order valence-electron chi connectivity index (χ1n) is 4.94. The van der Waals surface area contributed by atoms with Crippen LogP contribution >= 0.6 is 0 Å². The Kier molecular flexibility index (Phi) is 1.76. The summed E-state index contributed by atoms with van der Waals surface area (Å²) in [4.78, 5) is 4.46. The van der Waals surface area contributed by atoms with Gasteiger partial charge in [0, 0.05) is 7.05 Å². The van der Waals surface area contributed by atoms with Crippen LogP contribution in [0.15, 0.2) is 24.3 Å². The largest absolute Gasteiger partial charge is 0.263 e. The van der Waals surface area contributed by atoms with Gasteiger partial charge in [-0.2, -0.15) is 0 Å². The minimum atomic E-state index is 0.672. The maximum Gasteiger partial charge on any atom is 0.255 e. The number of hydrogen-bond acceptors (Lipinski definition) is 4. The summed E-state index contributed by atoms with van der Waals surface area (Å²) in [5.41, 5.74) is 1.96. The molecule has 6 nitrogen and oxygen atoms in total. The van der Waals surface area contributed by atoms with E-state index in [1.54, 1.807) is 4.68 Å². The molecule has 6 heteroatoms. The fourth-order valence-corrected chi connectivity index (χ4v) is 1.81. The smallest absolute Gasteiger partial charge is 0.255 e. The number of hydrogen-bond donors (Lipinski definition) is 0. The van der Waals surface area contributed by atoms with Crippen molar-refractivity contribution >= 4 is 11.0 Å². The van der Waals surface area contributed by atoms with Crippen LogP contribution < -0.4 is 0 Å². The van der Waals surface area contributed by atoms with Crippen molar-refractivity contribution in [3.8, 4) is 5.95 Å². The number of fused-ring (bicyclic) bond motifs is 1. The molecule has 0 radical (unpaired) electrons. The first kappa shape index (κ1) is 9.02. The highest BCUT2D eigenvalue weighted by molar-refractivity contribution is 5.77. The molecule has 2 heterocycles. The lowest BCUT2D eigenvalue weighted by molar-refractivity contribution is 0.690. The zero-order valence-electron chi connectivity index (χ0n) is 8.99. The van der Waals surface area contributed by atoms with Crippen molar-refractivity contribution in [2.45, 2.75) is 6.92 Å². The summed E-state index contributed by atoms with van der Waals surface area (Å²) < 4.78 is 3.57. The Labute approximate surface area is 91.5 Å². The summed E-state index contributed by atoms with van der Waals surface area (Å²) in [7, 11) is 1.81. The molecule has 0 saturated heterocycles. The Bertz CT molecular complexity index is 650. The van der Waals surface area contributed by atoms with Crippen molar-refractivity contribution in [3.05, 3.63) is 30.1 Å². The Morgan fingerprint density at radius 3 is 2.75 bits per heavy atom. The third kappa shape index (κ3) is 1.13. The highest BCUT2D eigenvalue weighted by Crippen LogP contribution is 2.18. The van der Waals surface area contributed by atoms with Gasteiger partial charge in [0.15, 0.2) is 0 Å². The molecule has 0 bridgehead atoms. The number of para-hydroxylation sites is 2. The first-order valence-corrected chi connectivity index (χ1v) is 4.94. The quantitative estimate of drug-likeness (QED) is 0.602. The summed E-state index contributed by atoms with van der Waals surface area (Å²) in [6.07, 6.45) is 0. The van der Waals surface area contributed by atoms with Crippen LogP contribution in [-0.4, -0.2) is 29.8 Å². The second-order valence-electron chi connectivity index (χ2n) is 3.59.